The molecule has 37 heavy (non-hydrogen) atoms. The largest absolute Gasteiger partial charge is 0.497 e. The molecule has 2 atom stereocenters. The number of aryl methyl sites for hydroxylation is 2. The Kier molecular flexibility index (Phi) is 10.4. The summed E-state index contributed by atoms with van der Waals surface area (Å²) in [7, 11) is 0.787. The first-order valence-electron chi connectivity index (χ1n) is 13.4. The van der Waals surface area contributed by atoms with Crippen LogP contribution in [0, 0.1) is 25.7 Å². The number of ether oxygens (including phenoxy) is 1. The van der Waals surface area contributed by atoms with Gasteiger partial charge in [0.15, 0.2) is 0 Å². The number of nitrogens with zero attached hydrogens (tertiary/aromatic N) is 3. The number of hydrogen-bond acceptors (Lipinski definition) is 6. The molecule has 0 bridgehead atoms. The van der Waals surface area contributed by atoms with Gasteiger partial charge in [0.2, 0.25) is 21.8 Å². The molecular weight excluding hydrogens is 492 g/mol. The van der Waals surface area contributed by atoms with Crippen molar-refractivity contribution in [1.82, 2.24) is 19.4 Å². The van der Waals surface area contributed by atoms with Gasteiger partial charge in [-0.3, -0.25) is 9.59 Å². The number of sulfonamides is 1. The average Bonchev–Trinajstić information content (AvgIpc) is 3.35. The fourth-order valence-electron chi connectivity index (χ4n) is 5.80. The van der Waals surface area contributed by atoms with Gasteiger partial charge < -0.3 is 19.9 Å². The second-order valence-corrected chi connectivity index (χ2v) is 12.8. The second-order valence-electron chi connectivity index (χ2n) is 10.8. The highest BCUT2D eigenvalue weighted by atomic mass is 32.2. The van der Waals surface area contributed by atoms with Gasteiger partial charge in [0.25, 0.3) is 0 Å². The SMILES string of the molecule is COc1cc(C)c(S(=O)(=O)N(C)CC(=O)NCC(=O)N(C)CC2CCCC(CN3CCCC3)C2)c(C)c1. The molecule has 0 spiro atoms. The van der Waals surface area contributed by atoms with Crippen molar-refractivity contribution in [3.05, 3.63) is 23.3 Å². The van der Waals surface area contributed by atoms with E-state index in [1.54, 1.807) is 37.9 Å². The lowest BCUT2D eigenvalue weighted by Crippen LogP contribution is -2.44. The molecule has 1 saturated carbocycles. The predicted octanol–water partition coefficient (Wildman–Crippen LogP) is 2.41. The first-order valence-corrected chi connectivity index (χ1v) is 14.8. The lowest BCUT2D eigenvalue weighted by Gasteiger charge is -2.34. The summed E-state index contributed by atoms with van der Waals surface area (Å²) in [5, 5.41) is 2.60. The van der Waals surface area contributed by atoms with Gasteiger partial charge in [0.1, 0.15) is 5.75 Å². The Morgan fingerprint density at radius 2 is 1.68 bits per heavy atom. The molecule has 9 nitrogen and oxygen atoms in total. The first kappa shape index (κ1) is 29.4. The molecule has 1 aromatic rings. The highest BCUT2D eigenvalue weighted by molar-refractivity contribution is 7.89. The number of nitrogens with one attached hydrogen (secondary N) is 1. The fraction of sp³-hybridized carbons (Fsp3) is 0.704. The summed E-state index contributed by atoms with van der Waals surface area (Å²) in [6, 6.07) is 3.31. The van der Waals surface area contributed by atoms with Gasteiger partial charge >= 0.3 is 0 Å². The van der Waals surface area contributed by atoms with E-state index in [-0.39, 0.29) is 23.9 Å². The topological polar surface area (TPSA) is 99.3 Å². The zero-order valence-corrected chi connectivity index (χ0v) is 23.9. The van der Waals surface area contributed by atoms with Crippen LogP contribution in [0.4, 0.5) is 0 Å². The van der Waals surface area contributed by atoms with Gasteiger partial charge in [-0.05, 0) is 94.1 Å². The molecule has 10 heteroatoms. The summed E-state index contributed by atoms with van der Waals surface area (Å²) < 4.78 is 32.5. The van der Waals surface area contributed by atoms with Crippen molar-refractivity contribution in [3.63, 3.8) is 0 Å². The summed E-state index contributed by atoms with van der Waals surface area (Å²) in [5.74, 6) is 1.09. The zero-order chi connectivity index (χ0) is 27.2. The van der Waals surface area contributed by atoms with E-state index < -0.39 is 15.9 Å². The van der Waals surface area contributed by atoms with Crippen LogP contribution >= 0.6 is 0 Å². The third-order valence-corrected chi connectivity index (χ3v) is 9.81. The van der Waals surface area contributed by atoms with Crippen molar-refractivity contribution >= 4 is 21.8 Å². The molecule has 2 unspecified atom stereocenters. The minimum absolute atomic E-state index is 0.145. The lowest BCUT2D eigenvalue weighted by atomic mass is 9.81. The Labute approximate surface area is 222 Å². The quantitative estimate of drug-likeness (QED) is 0.466. The molecule has 1 heterocycles. The smallest absolute Gasteiger partial charge is 0.243 e. The van der Waals surface area contributed by atoms with Crippen molar-refractivity contribution in [2.24, 2.45) is 11.8 Å². The molecule has 1 aliphatic carbocycles. The molecule has 2 amide bonds. The lowest BCUT2D eigenvalue weighted by molar-refractivity contribution is -0.132. The van der Waals surface area contributed by atoms with Crippen molar-refractivity contribution in [1.29, 1.82) is 0 Å². The van der Waals surface area contributed by atoms with Crippen LogP contribution in [0.1, 0.15) is 49.7 Å². The van der Waals surface area contributed by atoms with Crippen molar-refractivity contribution in [3.8, 4) is 5.75 Å². The van der Waals surface area contributed by atoms with E-state index in [9.17, 15) is 18.0 Å². The highest BCUT2D eigenvalue weighted by Gasteiger charge is 2.28. The van der Waals surface area contributed by atoms with E-state index in [0.717, 1.165) is 17.1 Å². The van der Waals surface area contributed by atoms with E-state index in [1.807, 2.05) is 0 Å². The molecule has 1 aliphatic heterocycles. The van der Waals surface area contributed by atoms with Gasteiger partial charge in [-0.1, -0.05) is 6.42 Å². The van der Waals surface area contributed by atoms with Crippen molar-refractivity contribution < 1.29 is 22.7 Å². The van der Waals surface area contributed by atoms with E-state index in [4.69, 9.17) is 4.74 Å². The molecule has 3 rings (SSSR count). The van der Waals surface area contributed by atoms with E-state index in [1.165, 1.54) is 59.5 Å². The number of likely N-dealkylation sites (tertiary alicyclic amines) is 1. The highest BCUT2D eigenvalue weighted by Crippen LogP contribution is 2.31. The number of hydrogen-bond donors (Lipinski definition) is 1. The molecule has 1 saturated heterocycles. The number of likely N-dealkylation sites (N-methyl/N-ethyl adjacent to an activating group) is 2. The van der Waals surface area contributed by atoms with Crippen LogP contribution in [0.15, 0.2) is 17.0 Å². The molecule has 2 aliphatic rings. The van der Waals surface area contributed by atoms with Crippen LogP contribution in [0.5, 0.6) is 5.75 Å². The summed E-state index contributed by atoms with van der Waals surface area (Å²) in [5.41, 5.74) is 1.09. The number of rotatable bonds is 11. The Morgan fingerprint density at radius 1 is 1.05 bits per heavy atom. The number of carbonyl (C=O) groups excluding carboxylic acids is 2. The van der Waals surface area contributed by atoms with Crippen LogP contribution in [0.2, 0.25) is 0 Å². The molecule has 0 radical (unpaired) electrons. The van der Waals surface area contributed by atoms with Crippen molar-refractivity contribution in [2.75, 3.05) is 60.5 Å². The molecule has 0 aromatic heterocycles. The molecule has 1 aromatic carbocycles. The summed E-state index contributed by atoms with van der Waals surface area (Å²) >= 11 is 0. The summed E-state index contributed by atoms with van der Waals surface area (Å²) in [6.07, 6.45) is 7.37. The summed E-state index contributed by atoms with van der Waals surface area (Å²) in [4.78, 5) is 29.6. The van der Waals surface area contributed by atoms with Gasteiger partial charge in [-0.15, -0.1) is 0 Å². The van der Waals surface area contributed by atoms with Crippen LogP contribution in [0.25, 0.3) is 0 Å². The number of carbonyl (C=O) groups is 2. The number of methoxy groups -OCH3 is 1. The normalized spacial score (nSPS) is 20.7. The third kappa shape index (κ3) is 7.91. The molecular formula is C27H44N4O5S. The predicted molar refractivity (Wildman–Crippen MR) is 144 cm³/mol. The maximum Gasteiger partial charge on any atom is 0.243 e. The van der Waals surface area contributed by atoms with Gasteiger partial charge in [-0.2, -0.15) is 4.31 Å². The molecule has 1 N–H and O–H groups in total. The standard InChI is InChI=1S/C27H44N4O5S/c1-20-13-24(36-5)14-21(2)27(20)37(34,35)30(4)19-25(32)28-16-26(33)29(3)17-22-9-8-10-23(15-22)18-31-11-6-7-12-31/h13-14,22-23H,6-12,15-19H2,1-5H3,(H,28,32). The van der Waals surface area contributed by atoms with E-state index in [0.29, 0.717) is 35.3 Å². The second kappa shape index (κ2) is 13.1. The zero-order valence-electron chi connectivity index (χ0n) is 23.1. The maximum absolute atomic E-state index is 13.1. The third-order valence-electron chi connectivity index (χ3n) is 7.71. The van der Waals surface area contributed by atoms with Crippen LogP contribution < -0.4 is 10.1 Å². The van der Waals surface area contributed by atoms with E-state index >= 15 is 0 Å². The number of amides is 2. The van der Waals surface area contributed by atoms with Gasteiger partial charge in [0, 0.05) is 27.2 Å². The Morgan fingerprint density at radius 3 is 2.30 bits per heavy atom. The molecule has 208 valence electrons. The Hall–Kier alpha value is -2.17. The maximum atomic E-state index is 13.1. The molecule has 2 fully saturated rings. The van der Waals surface area contributed by atoms with Crippen LogP contribution in [-0.4, -0.2) is 94.8 Å². The average molecular weight is 537 g/mol. The summed E-state index contributed by atoms with van der Waals surface area (Å²) in [6.45, 7) is 7.19. The fourth-order valence-corrected chi connectivity index (χ4v) is 7.33. The van der Waals surface area contributed by atoms with Crippen molar-refractivity contribution in [2.45, 2.75) is 57.3 Å². The van der Waals surface area contributed by atoms with Gasteiger partial charge in [-0.25, -0.2) is 8.42 Å². The van der Waals surface area contributed by atoms with Crippen LogP contribution in [0.3, 0.4) is 0 Å². The van der Waals surface area contributed by atoms with Gasteiger partial charge in [0.05, 0.1) is 25.1 Å². The Balaban J connectivity index is 1.46. The minimum atomic E-state index is -3.89. The Bertz CT molecular complexity index is 1030. The number of benzene rings is 1. The van der Waals surface area contributed by atoms with E-state index in [2.05, 4.69) is 10.2 Å². The van der Waals surface area contributed by atoms with Crippen LogP contribution in [-0.2, 0) is 19.6 Å². The monoisotopic (exact) mass is 536 g/mol. The minimum Gasteiger partial charge on any atom is -0.497 e. The first-order chi connectivity index (χ1) is 17.5.